The summed E-state index contributed by atoms with van der Waals surface area (Å²) in [5, 5.41) is 3.44. The maximum absolute atomic E-state index is 11.8. The number of ether oxygens (including phenoxy) is 2. The van der Waals surface area contributed by atoms with E-state index >= 15 is 0 Å². The Morgan fingerprint density at radius 1 is 1.46 bits per heavy atom. The third-order valence-electron chi connectivity index (χ3n) is 3.95. The molecule has 146 valence electrons. The minimum Gasteiger partial charge on any atom is -0.476 e. The van der Waals surface area contributed by atoms with Gasteiger partial charge in [-0.1, -0.05) is 11.6 Å². The van der Waals surface area contributed by atoms with Gasteiger partial charge in [0, 0.05) is 25.3 Å². The Morgan fingerprint density at radius 3 is 2.92 bits per heavy atom. The summed E-state index contributed by atoms with van der Waals surface area (Å²) in [6.07, 6.45) is 4.04. The number of carbonyl (C=O) groups is 1. The first-order valence-electron chi connectivity index (χ1n) is 8.98. The Balaban J connectivity index is 1.59. The van der Waals surface area contributed by atoms with Crippen molar-refractivity contribution in [3.05, 3.63) is 17.3 Å². The monoisotopic (exact) mass is 384 g/mol. The van der Waals surface area contributed by atoms with E-state index in [4.69, 9.17) is 26.8 Å². The second-order valence-electron chi connectivity index (χ2n) is 7.54. The zero-order valence-electron chi connectivity index (χ0n) is 15.8. The first kappa shape index (κ1) is 20.6. The molecule has 0 unspecified atom stereocenters. The maximum Gasteiger partial charge on any atom is 0.407 e. The lowest BCUT2D eigenvalue weighted by atomic mass is 10.2. The molecule has 0 saturated carbocycles. The number of pyridine rings is 1. The maximum atomic E-state index is 11.8. The summed E-state index contributed by atoms with van der Waals surface area (Å²) in [4.78, 5) is 18.2. The minimum atomic E-state index is -0.468. The van der Waals surface area contributed by atoms with Crippen molar-refractivity contribution in [1.29, 1.82) is 0 Å². The number of hydrogen-bond acceptors (Lipinski definition) is 6. The number of carbonyl (C=O) groups excluding carboxylic acids is 1. The van der Waals surface area contributed by atoms with E-state index in [0.29, 0.717) is 23.2 Å². The number of nitrogens with one attached hydrogen (secondary N) is 1. The van der Waals surface area contributed by atoms with Gasteiger partial charge in [-0.25, -0.2) is 9.78 Å². The summed E-state index contributed by atoms with van der Waals surface area (Å²) in [5.74, 6) is 0.428. The summed E-state index contributed by atoms with van der Waals surface area (Å²) in [6.45, 7) is 8.96. The smallest absolute Gasteiger partial charge is 0.407 e. The predicted molar refractivity (Wildman–Crippen MR) is 103 cm³/mol. The Labute approximate surface area is 160 Å². The van der Waals surface area contributed by atoms with E-state index in [1.165, 1.54) is 6.20 Å². The first-order valence-corrected chi connectivity index (χ1v) is 9.36. The molecule has 0 aromatic carbocycles. The summed E-state index contributed by atoms with van der Waals surface area (Å²) < 4.78 is 10.9. The largest absolute Gasteiger partial charge is 0.476 e. The zero-order chi connectivity index (χ0) is 19.2. The van der Waals surface area contributed by atoms with Crippen LogP contribution in [-0.2, 0) is 4.74 Å². The Bertz CT molecular complexity index is 607. The summed E-state index contributed by atoms with van der Waals surface area (Å²) in [6, 6.07) is 1.78. The van der Waals surface area contributed by atoms with Crippen molar-refractivity contribution >= 4 is 23.4 Å². The molecule has 1 saturated heterocycles. The number of likely N-dealkylation sites (tertiary alicyclic amines) is 1. The van der Waals surface area contributed by atoms with Crippen LogP contribution in [0.3, 0.4) is 0 Å². The van der Waals surface area contributed by atoms with Gasteiger partial charge in [-0.05, 0) is 52.6 Å². The van der Waals surface area contributed by atoms with Crippen molar-refractivity contribution in [2.45, 2.75) is 51.7 Å². The number of aromatic nitrogens is 1. The molecule has 1 atom stereocenters. The molecular formula is C18H29ClN4O3. The van der Waals surface area contributed by atoms with Crippen LogP contribution in [-0.4, -0.2) is 53.9 Å². The molecule has 0 spiro atoms. The number of rotatable bonds is 7. The molecule has 8 heteroatoms. The molecule has 0 aliphatic carbocycles. The molecule has 26 heavy (non-hydrogen) atoms. The van der Waals surface area contributed by atoms with Crippen LogP contribution in [0.1, 0.15) is 40.0 Å². The number of nitrogen functional groups attached to an aromatic ring is 1. The third-order valence-corrected chi connectivity index (χ3v) is 4.15. The van der Waals surface area contributed by atoms with Gasteiger partial charge in [0.05, 0.1) is 17.3 Å². The summed E-state index contributed by atoms with van der Waals surface area (Å²) in [5.41, 5.74) is 5.79. The number of anilines is 1. The molecule has 3 N–H and O–H groups in total. The predicted octanol–water partition coefficient (Wildman–Crippen LogP) is 3.08. The van der Waals surface area contributed by atoms with E-state index < -0.39 is 5.60 Å². The molecule has 1 fully saturated rings. The fourth-order valence-electron chi connectivity index (χ4n) is 2.80. The van der Waals surface area contributed by atoms with E-state index in [0.717, 1.165) is 38.9 Å². The van der Waals surface area contributed by atoms with Crippen LogP contribution in [0.2, 0.25) is 5.02 Å². The average Bonchev–Trinajstić information content (AvgIpc) is 2.94. The Hall–Kier alpha value is -1.73. The van der Waals surface area contributed by atoms with Crippen molar-refractivity contribution in [3.63, 3.8) is 0 Å². The molecule has 1 aliphatic heterocycles. The molecule has 7 nitrogen and oxygen atoms in total. The van der Waals surface area contributed by atoms with Crippen LogP contribution >= 0.6 is 11.6 Å². The topological polar surface area (TPSA) is 89.7 Å². The Kier molecular flexibility index (Phi) is 7.34. The van der Waals surface area contributed by atoms with Crippen LogP contribution in [0.4, 0.5) is 10.5 Å². The van der Waals surface area contributed by atoms with Gasteiger partial charge < -0.3 is 25.4 Å². The molecule has 0 radical (unpaired) electrons. The van der Waals surface area contributed by atoms with Crippen LogP contribution in [0.25, 0.3) is 0 Å². The summed E-state index contributed by atoms with van der Waals surface area (Å²) in [7, 11) is 0. The second-order valence-corrected chi connectivity index (χ2v) is 7.97. The van der Waals surface area contributed by atoms with E-state index in [1.807, 2.05) is 20.8 Å². The highest BCUT2D eigenvalue weighted by Gasteiger charge is 2.25. The molecule has 1 amide bonds. The van der Waals surface area contributed by atoms with Crippen LogP contribution in [0, 0.1) is 0 Å². The first-order chi connectivity index (χ1) is 12.2. The van der Waals surface area contributed by atoms with Gasteiger partial charge in [0.2, 0.25) is 5.88 Å². The van der Waals surface area contributed by atoms with Gasteiger partial charge in [0.1, 0.15) is 5.60 Å². The van der Waals surface area contributed by atoms with Crippen molar-refractivity contribution in [3.8, 4) is 5.88 Å². The molecular weight excluding hydrogens is 356 g/mol. The lowest BCUT2D eigenvalue weighted by Gasteiger charge is -2.22. The fraction of sp³-hybridized carbons (Fsp3) is 0.667. The quantitative estimate of drug-likeness (QED) is 0.702. The number of nitrogens with zero attached hydrogens (tertiary/aromatic N) is 2. The van der Waals surface area contributed by atoms with Gasteiger partial charge in [-0.15, -0.1) is 0 Å². The summed E-state index contributed by atoms with van der Waals surface area (Å²) >= 11 is 5.81. The number of halogens is 1. The number of alkyl carbamates (subject to hydrolysis) is 1. The van der Waals surface area contributed by atoms with Crippen molar-refractivity contribution < 1.29 is 14.3 Å². The van der Waals surface area contributed by atoms with Crippen molar-refractivity contribution in [2.75, 3.05) is 32.0 Å². The van der Waals surface area contributed by atoms with E-state index in [2.05, 4.69) is 15.2 Å². The van der Waals surface area contributed by atoms with Crippen molar-refractivity contribution in [1.82, 2.24) is 15.2 Å². The lowest BCUT2D eigenvalue weighted by Crippen LogP contribution is -2.40. The minimum absolute atomic E-state index is 0.152. The fourth-order valence-corrected chi connectivity index (χ4v) is 2.96. The van der Waals surface area contributed by atoms with Gasteiger partial charge in [0.15, 0.2) is 0 Å². The van der Waals surface area contributed by atoms with E-state index in [9.17, 15) is 4.79 Å². The molecule has 2 rings (SSSR count). The molecule has 2 heterocycles. The van der Waals surface area contributed by atoms with Crippen LogP contribution in [0.15, 0.2) is 12.3 Å². The van der Waals surface area contributed by atoms with E-state index in [1.54, 1.807) is 6.07 Å². The number of unbranched alkanes of at least 4 members (excludes halogenated alkanes) is 1. The zero-order valence-corrected chi connectivity index (χ0v) is 16.5. The Morgan fingerprint density at radius 2 is 2.23 bits per heavy atom. The van der Waals surface area contributed by atoms with Gasteiger partial charge >= 0.3 is 6.09 Å². The van der Waals surface area contributed by atoms with E-state index in [-0.39, 0.29) is 12.1 Å². The van der Waals surface area contributed by atoms with Gasteiger partial charge in [-0.2, -0.15) is 0 Å². The third kappa shape index (κ3) is 7.25. The number of nitrogens with two attached hydrogens (primary N) is 1. The molecule has 1 aromatic heterocycles. The highest BCUT2D eigenvalue weighted by molar-refractivity contribution is 6.30. The highest BCUT2D eigenvalue weighted by atomic mass is 35.5. The SMILES string of the molecule is CC(C)(C)OC(=O)N[C@@H]1CCN(CCCCOc2ncc(Cl)cc2N)C1. The van der Waals surface area contributed by atoms with Crippen molar-refractivity contribution in [2.24, 2.45) is 0 Å². The molecule has 1 aromatic rings. The van der Waals surface area contributed by atoms with Gasteiger partial charge in [0.25, 0.3) is 0 Å². The van der Waals surface area contributed by atoms with Crippen LogP contribution in [0.5, 0.6) is 5.88 Å². The van der Waals surface area contributed by atoms with Gasteiger partial charge in [-0.3, -0.25) is 0 Å². The molecule has 0 bridgehead atoms. The number of amides is 1. The second kappa shape index (κ2) is 9.28. The molecule has 1 aliphatic rings. The average molecular weight is 385 g/mol. The lowest BCUT2D eigenvalue weighted by molar-refractivity contribution is 0.0506. The normalized spacial score (nSPS) is 17.9. The number of hydrogen-bond donors (Lipinski definition) is 2. The standard InChI is InChI=1S/C18H29ClN4O3/c1-18(2,3)26-17(24)22-14-6-8-23(12-14)7-4-5-9-25-16-15(20)10-13(19)11-21-16/h10-11,14H,4-9,12,20H2,1-3H3,(H,22,24)/t14-/m1/s1. The van der Waals surface area contributed by atoms with Crippen LogP contribution < -0.4 is 15.8 Å². The highest BCUT2D eigenvalue weighted by Crippen LogP contribution is 2.21.